The van der Waals surface area contributed by atoms with Gasteiger partial charge >= 0.3 is 209 Å². The maximum atomic E-state index is 12.5. The van der Waals surface area contributed by atoms with Gasteiger partial charge in [-0.05, 0) is 13.8 Å². The number of thioether (sulfide) groups is 1. The zero-order chi connectivity index (χ0) is 27.1. The molecule has 2 aliphatic heterocycles. The molecule has 1 aromatic heterocycles. The van der Waals surface area contributed by atoms with Gasteiger partial charge in [0.1, 0.15) is 0 Å². The van der Waals surface area contributed by atoms with Crippen LogP contribution in [0.25, 0.3) is 15.9 Å². The van der Waals surface area contributed by atoms with Gasteiger partial charge in [0.25, 0.3) is 0 Å². The molecule has 0 radical (unpaired) electrons. The molecule has 200 valence electrons. The second-order valence-electron chi connectivity index (χ2n) is 9.19. The molecule has 4 aromatic rings. The third-order valence-electron chi connectivity index (χ3n) is 6.54. The summed E-state index contributed by atoms with van der Waals surface area (Å²) in [6.45, 7) is 4.35. The van der Waals surface area contributed by atoms with Crippen molar-refractivity contribution in [3.05, 3.63) is 90.6 Å². The molecule has 1 fully saturated rings. The Hall–Kier alpha value is -2.70. The molecular weight excluding hydrogens is 654 g/mol. The number of rotatable bonds is 5. The molecule has 1 atom stereocenters. The van der Waals surface area contributed by atoms with Crippen molar-refractivity contribution in [3.8, 4) is 5.75 Å². The number of hydrogen-bond donors (Lipinski definition) is 0. The fourth-order valence-electron chi connectivity index (χ4n) is 4.79. The Morgan fingerprint density at radius 1 is 1.03 bits per heavy atom. The normalized spacial score (nSPS) is 19.3. The van der Waals surface area contributed by atoms with Crippen molar-refractivity contribution in [1.82, 2.24) is 4.98 Å². The zero-order valence-electron chi connectivity index (χ0n) is 21.0. The number of benzene rings is 3. The fraction of sp³-hybridized carbons (Fsp3) is 0.207. The molecule has 39 heavy (non-hydrogen) atoms. The van der Waals surface area contributed by atoms with Crippen LogP contribution in [0.5, 0.6) is 5.75 Å². The SMILES string of the molecule is Cc1cccc(C)c1C1CCSC1=Nc1nc2ccc(C3=CI(c4ccc(OC(F)(F)F)cc4)C=N3)cc2s1. The van der Waals surface area contributed by atoms with Crippen molar-refractivity contribution in [2.75, 3.05) is 5.75 Å². The average Bonchev–Trinajstić information content (AvgIpc) is 3.63. The number of aromatic nitrogens is 1. The Labute approximate surface area is 239 Å². The van der Waals surface area contributed by atoms with E-state index in [2.05, 4.69) is 51.9 Å². The van der Waals surface area contributed by atoms with Crippen molar-refractivity contribution in [2.24, 2.45) is 9.98 Å². The van der Waals surface area contributed by atoms with E-state index in [9.17, 15) is 13.2 Å². The topological polar surface area (TPSA) is 46.8 Å². The van der Waals surface area contributed by atoms with Gasteiger partial charge in [-0.15, -0.1) is 0 Å². The molecule has 0 amide bonds. The summed E-state index contributed by atoms with van der Waals surface area (Å²) in [6.07, 6.45) is -3.61. The molecule has 2 aliphatic rings. The molecule has 10 heteroatoms. The summed E-state index contributed by atoms with van der Waals surface area (Å²) in [5, 5.41) is 1.90. The summed E-state index contributed by atoms with van der Waals surface area (Å²) >= 11 is 1.51. The first-order chi connectivity index (χ1) is 18.7. The summed E-state index contributed by atoms with van der Waals surface area (Å²) in [5.74, 6) is 1.16. The van der Waals surface area contributed by atoms with Gasteiger partial charge in [-0.1, -0.05) is 18.2 Å². The van der Waals surface area contributed by atoms with Crippen molar-refractivity contribution >= 4 is 73.2 Å². The molecule has 3 aromatic carbocycles. The first-order valence-electron chi connectivity index (χ1n) is 12.2. The van der Waals surface area contributed by atoms with Gasteiger partial charge in [-0.2, -0.15) is 0 Å². The van der Waals surface area contributed by atoms with Crippen LogP contribution in [-0.2, 0) is 0 Å². The monoisotopic (exact) mass is 677 g/mol. The molecule has 6 rings (SSSR count). The van der Waals surface area contributed by atoms with Crippen LogP contribution in [0.3, 0.4) is 0 Å². The Kier molecular flexibility index (Phi) is 7.28. The van der Waals surface area contributed by atoms with Gasteiger partial charge in [0.15, 0.2) is 0 Å². The van der Waals surface area contributed by atoms with Gasteiger partial charge in [0.2, 0.25) is 0 Å². The molecule has 1 unspecified atom stereocenters. The van der Waals surface area contributed by atoms with E-state index in [1.54, 1.807) is 23.5 Å². The molecule has 0 spiro atoms. The van der Waals surface area contributed by atoms with Crippen molar-refractivity contribution in [1.29, 1.82) is 0 Å². The molecule has 4 nitrogen and oxygen atoms in total. The third-order valence-corrected chi connectivity index (χ3v) is 12.9. The van der Waals surface area contributed by atoms with Crippen LogP contribution < -0.4 is 4.74 Å². The van der Waals surface area contributed by atoms with E-state index < -0.39 is 26.2 Å². The first kappa shape index (κ1) is 26.5. The standard InChI is InChI=1S/C29H23F3IN3OS2/c1-17-4-3-5-18(2)26(17)22-12-13-38-27(22)36-28-35-23-11-6-19(14-25(23)39-28)24-15-33(16-34-24)20-7-9-21(10-8-20)37-29(30,31)32/h3-11,14-16,22H,12-13H2,1-2H3. The second-order valence-corrected chi connectivity index (χ2v) is 15.7. The van der Waals surface area contributed by atoms with E-state index in [-0.39, 0.29) is 5.75 Å². The van der Waals surface area contributed by atoms with Crippen LogP contribution in [0.4, 0.5) is 18.3 Å². The summed E-state index contributed by atoms with van der Waals surface area (Å²) in [5.41, 5.74) is 6.80. The van der Waals surface area contributed by atoms with Crippen LogP contribution in [0.2, 0.25) is 0 Å². The Balaban J connectivity index is 1.23. The number of halogens is 4. The third kappa shape index (κ3) is 5.78. The van der Waals surface area contributed by atoms with E-state index in [4.69, 9.17) is 9.98 Å². The number of hydrogen-bond acceptors (Lipinski definition) is 6. The predicted molar refractivity (Wildman–Crippen MR) is 165 cm³/mol. The molecule has 0 N–H and O–H groups in total. The minimum absolute atomic E-state index is 0.214. The maximum absolute atomic E-state index is 12.5. The summed E-state index contributed by atoms with van der Waals surface area (Å²) in [4.78, 5) is 14.5. The van der Waals surface area contributed by atoms with Gasteiger partial charge in [0, 0.05) is 0 Å². The second kappa shape index (κ2) is 10.7. The van der Waals surface area contributed by atoms with Crippen LogP contribution in [-0.4, -0.2) is 26.4 Å². The van der Waals surface area contributed by atoms with E-state index in [0.717, 1.165) is 47.4 Å². The zero-order valence-corrected chi connectivity index (χ0v) is 24.8. The van der Waals surface area contributed by atoms with Crippen LogP contribution in [0, 0.1) is 17.4 Å². The molecule has 0 aliphatic carbocycles. The summed E-state index contributed by atoms with van der Waals surface area (Å²) in [7, 11) is 0. The number of nitrogens with zero attached hydrogens (tertiary/aromatic N) is 3. The average molecular weight is 678 g/mol. The van der Waals surface area contributed by atoms with Crippen molar-refractivity contribution in [3.63, 3.8) is 0 Å². The van der Waals surface area contributed by atoms with Crippen LogP contribution in [0.15, 0.2) is 74.7 Å². The Morgan fingerprint density at radius 2 is 1.79 bits per heavy atom. The fourth-order valence-corrected chi connectivity index (χ4v) is 10.7. The van der Waals surface area contributed by atoms with E-state index >= 15 is 0 Å². The summed E-state index contributed by atoms with van der Waals surface area (Å²) in [6, 6.07) is 18.7. The van der Waals surface area contributed by atoms with Crippen LogP contribution >= 0.6 is 42.9 Å². The molecule has 1 saturated heterocycles. The molecule has 0 bridgehead atoms. The Bertz CT molecular complexity index is 1620. The van der Waals surface area contributed by atoms with Gasteiger partial charge in [0.05, 0.1) is 0 Å². The number of fused-ring (bicyclic) bond motifs is 1. The number of alkyl halides is 3. The number of ether oxygens (including phenoxy) is 1. The minimum atomic E-state index is -4.69. The van der Waals surface area contributed by atoms with Crippen molar-refractivity contribution in [2.45, 2.75) is 32.5 Å². The number of aliphatic imine (C=N–C) groups is 2. The van der Waals surface area contributed by atoms with Gasteiger partial charge < -0.3 is 0 Å². The predicted octanol–water partition coefficient (Wildman–Crippen LogP) is 9.48. The van der Waals surface area contributed by atoms with Gasteiger partial charge in [-0.25, -0.2) is 0 Å². The van der Waals surface area contributed by atoms with E-state index in [0.29, 0.717) is 5.92 Å². The van der Waals surface area contributed by atoms with Gasteiger partial charge in [-0.3, -0.25) is 0 Å². The van der Waals surface area contributed by atoms with Crippen LogP contribution in [0.1, 0.15) is 34.6 Å². The Morgan fingerprint density at radius 3 is 2.54 bits per heavy atom. The molecular formula is C29H23F3IN3OS2. The molecule has 0 saturated carbocycles. The summed E-state index contributed by atoms with van der Waals surface area (Å²) < 4.78 is 47.5. The van der Waals surface area contributed by atoms with E-state index in [1.807, 2.05) is 28.1 Å². The first-order valence-corrected chi connectivity index (χ1v) is 17.6. The van der Waals surface area contributed by atoms with E-state index in [1.165, 1.54) is 28.8 Å². The van der Waals surface area contributed by atoms with Crippen molar-refractivity contribution < 1.29 is 17.9 Å². The quantitative estimate of drug-likeness (QED) is 0.198. The number of thiazole rings is 1. The number of aryl methyl sites for hydroxylation is 2. The molecule has 3 heterocycles.